The fourth-order valence-corrected chi connectivity index (χ4v) is 1.96. The van der Waals surface area contributed by atoms with E-state index < -0.39 is 0 Å². The highest BCUT2D eigenvalue weighted by molar-refractivity contribution is 4.98. The molecule has 0 aromatic carbocycles. The maximum absolute atomic E-state index is 5.99. The van der Waals surface area contributed by atoms with Crippen molar-refractivity contribution in [2.45, 2.75) is 56.6 Å². The first-order valence-corrected chi connectivity index (χ1v) is 5.19. The summed E-state index contributed by atoms with van der Waals surface area (Å²) in [5.41, 5.74) is 6.24. The lowest BCUT2D eigenvalue weighted by Crippen LogP contribution is -2.21. The van der Waals surface area contributed by atoms with Gasteiger partial charge in [0.2, 0.25) is 0 Å². The van der Waals surface area contributed by atoms with E-state index in [2.05, 4.69) is 0 Å². The van der Waals surface area contributed by atoms with Crippen LogP contribution >= 0.6 is 0 Å². The van der Waals surface area contributed by atoms with Crippen LogP contribution < -0.4 is 5.73 Å². The van der Waals surface area contributed by atoms with Crippen LogP contribution in [0.2, 0.25) is 0 Å². The summed E-state index contributed by atoms with van der Waals surface area (Å²) in [7, 11) is 0. The summed E-state index contributed by atoms with van der Waals surface area (Å²) >= 11 is 0. The Bertz CT molecular complexity index is 148. The first kappa shape index (κ1) is 8.52. The predicted molar refractivity (Wildman–Crippen MR) is 49.0 cm³/mol. The van der Waals surface area contributed by atoms with E-state index >= 15 is 0 Å². The van der Waals surface area contributed by atoms with E-state index in [0.717, 1.165) is 6.61 Å². The van der Waals surface area contributed by atoms with E-state index in [-0.39, 0.29) is 5.54 Å². The summed E-state index contributed by atoms with van der Waals surface area (Å²) in [5, 5.41) is 0. The average molecular weight is 169 g/mol. The lowest BCUT2D eigenvalue weighted by atomic mass is 10.0. The van der Waals surface area contributed by atoms with Gasteiger partial charge in [0.1, 0.15) is 0 Å². The Kier molecular flexibility index (Phi) is 2.37. The number of nitrogens with two attached hydrogens (primary N) is 1. The molecule has 1 aliphatic heterocycles. The minimum absolute atomic E-state index is 0.249. The average Bonchev–Trinajstić information content (AvgIpc) is 2.61. The molecule has 1 heterocycles. The molecule has 1 saturated carbocycles. The number of ether oxygens (including phenoxy) is 1. The number of hydrogen-bond acceptors (Lipinski definition) is 2. The second kappa shape index (κ2) is 3.35. The second-order valence-electron chi connectivity index (χ2n) is 4.39. The van der Waals surface area contributed by atoms with Crippen LogP contribution in [0, 0.1) is 0 Å². The minimum atomic E-state index is 0.249. The largest absolute Gasteiger partial charge is 0.378 e. The minimum Gasteiger partial charge on any atom is -0.378 e. The van der Waals surface area contributed by atoms with Crippen molar-refractivity contribution in [3.63, 3.8) is 0 Å². The van der Waals surface area contributed by atoms with E-state index in [1.54, 1.807) is 0 Å². The molecule has 0 spiro atoms. The standard InChI is InChI=1S/C10H19NO/c11-10(6-7-10)5-1-3-9-4-2-8-12-9/h9H,1-8,11H2. The van der Waals surface area contributed by atoms with Gasteiger partial charge in [-0.1, -0.05) is 0 Å². The lowest BCUT2D eigenvalue weighted by Gasteiger charge is -2.11. The molecule has 1 saturated heterocycles. The summed E-state index contributed by atoms with van der Waals surface area (Å²) in [5.74, 6) is 0. The summed E-state index contributed by atoms with van der Waals surface area (Å²) in [4.78, 5) is 0. The van der Waals surface area contributed by atoms with E-state index in [9.17, 15) is 0 Å². The van der Waals surface area contributed by atoms with Crippen LogP contribution in [0.4, 0.5) is 0 Å². The second-order valence-corrected chi connectivity index (χ2v) is 4.39. The van der Waals surface area contributed by atoms with Gasteiger partial charge in [-0.15, -0.1) is 0 Å². The summed E-state index contributed by atoms with van der Waals surface area (Å²) in [6.45, 7) is 0.985. The zero-order chi connectivity index (χ0) is 8.44. The van der Waals surface area contributed by atoms with Crippen molar-refractivity contribution in [3.8, 4) is 0 Å². The van der Waals surface area contributed by atoms with Gasteiger partial charge in [-0.3, -0.25) is 0 Å². The van der Waals surface area contributed by atoms with E-state index in [1.165, 1.54) is 44.9 Å². The highest BCUT2D eigenvalue weighted by Crippen LogP contribution is 2.37. The first-order chi connectivity index (χ1) is 5.79. The van der Waals surface area contributed by atoms with Gasteiger partial charge in [-0.05, 0) is 44.9 Å². The number of rotatable bonds is 4. The Morgan fingerprint density at radius 2 is 2.25 bits per heavy atom. The van der Waals surface area contributed by atoms with Gasteiger partial charge < -0.3 is 10.5 Å². The van der Waals surface area contributed by atoms with E-state index in [0.29, 0.717) is 6.10 Å². The van der Waals surface area contributed by atoms with Gasteiger partial charge >= 0.3 is 0 Å². The first-order valence-electron chi connectivity index (χ1n) is 5.19. The van der Waals surface area contributed by atoms with Crippen molar-refractivity contribution < 1.29 is 4.74 Å². The molecule has 12 heavy (non-hydrogen) atoms. The van der Waals surface area contributed by atoms with E-state index in [1.807, 2.05) is 0 Å². The lowest BCUT2D eigenvalue weighted by molar-refractivity contribution is 0.101. The van der Waals surface area contributed by atoms with Crippen molar-refractivity contribution >= 4 is 0 Å². The van der Waals surface area contributed by atoms with Crippen molar-refractivity contribution in [1.82, 2.24) is 0 Å². The Labute approximate surface area is 74.5 Å². The van der Waals surface area contributed by atoms with Crippen molar-refractivity contribution in [2.75, 3.05) is 6.61 Å². The zero-order valence-corrected chi connectivity index (χ0v) is 7.72. The van der Waals surface area contributed by atoms with Gasteiger partial charge in [0.25, 0.3) is 0 Å². The van der Waals surface area contributed by atoms with Crippen LogP contribution in [0.1, 0.15) is 44.9 Å². The smallest absolute Gasteiger partial charge is 0.0576 e. The molecular formula is C10H19NO. The molecule has 2 N–H and O–H groups in total. The van der Waals surface area contributed by atoms with Crippen LogP contribution in [-0.4, -0.2) is 18.2 Å². The topological polar surface area (TPSA) is 35.2 Å². The quantitative estimate of drug-likeness (QED) is 0.696. The third kappa shape index (κ3) is 2.20. The van der Waals surface area contributed by atoms with Crippen LogP contribution in [0.5, 0.6) is 0 Å². The third-order valence-electron chi connectivity index (χ3n) is 3.12. The molecule has 0 radical (unpaired) electrons. The summed E-state index contributed by atoms with van der Waals surface area (Å²) in [6.07, 6.45) is 9.31. The van der Waals surface area contributed by atoms with Crippen molar-refractivity contribution in [1.29, 1.82) is 0 Å². The Morgan fingerprint density at radius 3 is 2.83 bits per heavy atom. The van der Waals surface area contributed by atoms with Gasteiger partial charge in [-0.25, -0.2) is 0 Å². The third-order valence-corrected chi connectivity index (χ3v) is 3.12. The van der Waals surface area contributed by atoms with Gasteiger partial charge in [0.05, 0.1) is 6.10 Å². The maximum atomic E-state index is 5.99. The SMILES string of the molecule is NC1(CCCC2CCCO2)CC1. The molecular weight excluding hydrogens is 150 g/mol. The molecule has 70 valence electrons. The molecule has 0 bridgehead atoms. The van der Waals surface area contributed by atoms with E-state index in [4.69, 9.17) is 10.5 Å². The predicted octanol–water partition coefficient (Wildman–Crippen LogP) is 1.83. The highest BCUT2D eigenvalue weighted by Gasteiger charge is 2.37. The van der Waals surface area contributed by atoms with Crippen LogP contribution in [0.15, 0.2) is 0 Å². The Balaban J connectivity index is 1.56. The summed E-state index contributed by atoms with van der Waals surface area (Å²) < 4.78 is 5.55. The zero-order valence-electron chi connectivity index (χ0n) is 7.72. The van der Waals surface area contributed by atoms with Crippen molar-refractivity contribution in [3.05, 3.63) is 0 Å². The molecule has 0 aromatic rings. The molecule has 2 aliphatic rings. The van der Waals surface area contributed by atoms with Gasteiger partial charge in [0.15, 0.2) is 0 Å². The highest BCUT2D eigenvalue weighted by atomic mass is 16.5. The maximum Gasteiger partial charge on any atom is 0.0576 e. The molecule has 2 nitrogen and oxygen atoms in total. The summed E-state index contributed by atoms with van der Waals surface area (Å²) in [6, 6.07) is 0. The molecule has 2 rings (SSSR count). The molecule has 1 unspecified atom stereocenters. The fourth-order valence-electron chi connectivity index (χ4n) is 1.96. The molecule has 0 aromatic heterocycles. The van der Waals surface area contributed by atoms with Crippen molar-refractivity contribution in [2.24, 2.45) is 5.73 Å². The molecule has 1 atom stereocenters. The van der Waals surface area contributed by atoms with Crippen LogP contribution in [-0.2, 0) is 4.74 Å². The monoisotopic (exact) mass is 169 g/mol. The van der Waals surface area contributed by atoms with Crippen LogP contribution in [0.3, 0.4) is 0 Å². The van der Waals surface area contributed by atoms with Gasteiger partial charge in [-0.2, -0.15) is 0 Å². The van der Waals surface area contributed by atoms with Gasteiger partial charge in [0, 0.05) is 12.1 Å². The Morgan fingerprint density at radius 1 is 1.42 bits per heavy atom. The molecule has 1 aliphatic carbocycles. The molecule has 0 amide bonds. The fraction of sp³-hybridized carbons (Fsp3) is 1.00. The van der Waals surface area contributed by atoms with Crippen LogP contribution in [0.25, 0.3) is 0 Å². The number of hydrogen-bond donors (Lipinski definition) is 1. The molecule has 2 heteroatoms. The normalized spacial score (nSPS) is 32.2. The molecule has 2 fully saturated rings. The Hall–Kier alpha value is -0.0800.